The van der Waals surface area contributed by atoms with Crippen LogP contribution in [0.4, 0.5) is 8.78 Å². The average molecular weight is 410 g/mol. The van der Waals surface area contributed by atoms with E-state index in [1.807, 2.05) is 23.1 Å². The maximum absolute atomic E-state index is 13.9. The van der Waals surface area contributed by atoms with Crippen molar-refractivity contribution in [3.63, 3.8) is 0 Å². The van der Waals surface area contributed by atoms with Gasteiger partial charge >= 0.3 is 0 Å². The highest BCUT2D eigenvalue weighted by Gasteiger charge is 2.28. The van der Waals surface area contributed by atoms with Gasteiger partial charge in [0.25, 0.3) is 0 Å². The smallest absolute Gasteiger partial charge is 0.223 e. The first-order valence-corrected chi connectivity index (χ1v) is 10.3. The number of amides is 1. The van der Waals surface area contributed by atoms with Crippen molar-refractivity contribution in [2.75, 3.05) is 6.54 Å². The van der Waals surface area contributed by atoms with Gasteiger partial charge in [0.15, 0.2) is 11.7 Å². The molecular weight excluding hydrogens is 386 g/mol. The van der Waals surface area contributed by atoms with Crippen LogP contribution in [0.15, 0.2) is 59.1 Å². The maximum Gasteiger partial charge on any atom is 0.223 e. The van der Waals surface area contributed by atoms with Crippen LogP contribution in [0, 0.1) is 11.6 Å². The van der Waals surface area contributed by atoms with Gasteiger partial charge in [0.1, 0.15) is 11.6 Å². The molecule has 2 heterocycles. The van der Waals surface area contributed by atoms with Gasteiger partial charge < -0.3 is 9.32 Å². The maximum atomic E-state index is 13.9. The molecule has 4 nitrogen and oxygen atoms in total. The number of hydrogen-bond acceptors (Lipinski definition) is 3. The van der Waals surface area contributed by atoms with E-state index in [0.29, 0.717) is 18.7 Å². The molecule has 1 fully saturated rings. The van der Waals surface area contributed by atoms with Gasteiger partial charge in [0, 0.05) is 31.5 Å². The Labute approximate surface area is 174 Å². The van der Waals surface area contributed by atoms with Crippen molar-refractivity contribution < 1.29 is 18.0 Å². The molecule has 6 heteroatoms. The molecule has 4 rings (SSSR count). The summed E-state index contributed by atoms with van der Waals surface area (Å²) in [6, 6.07) is 13.9. The van der Waals surface area contributed by atoms with Crippen LogP contribution < -0.4 is 0 Å². The summed E-state index contributed by atoms with van der Waals surface area (Å²) < 4.78 is 32.6. The first-order valence-electron chi connectivity index (χ1n) is 10.3. The molecule has 1 aliphatic heterocycles. The fourth-order valence-corrected chi connectivity index (χ4v) is 4.04. The number of halogens is 2. The molecule has 30 heavy (non-hydrogen) atoms. The van der Waals surface area contributed by atoms with Gasteiger partial charge in [-0.25, -0.2) is 13.8 Å². The zero-order valence-electron chi connectivity index (χ0n) is 16.7. The molecular formula is C24H24F2N2O2. The zero-order valence-corrected chi connectivity index (χ0v) is 16.7. The van der Waals surface area contributed by atoms with E-state index >= 15 is 0 Å². The largest absolute Gasteiger partial charge is 0.441 e. The van der Waals surface area contributed by atoms with Crippen LogP contribution in [0.2, 0.25) is 0 Å². The molecule has 156 valence electrons. The number of aryl methyl sites for hydroxylation is 2. The third-order valence-electron chi connectivity index (χ3n) is 5.61. The fourth-order valence-electron chi connectivity index (χ4n) is 4.04. The number of hydrogen-bond donors (Lipinski definition) is 0. The zero-order chi connectivity index (χ0) is 20.9. The third kappa shape index (κ3) is 4.75. The second-order valence-corrected chi connectivity index (χ2v) is 7.65. The van der Waals surface area contributed by atoms with E-state index in [0.717, 1.165) is 38.3 Å². The van der Waals surface area contributed by atoms with Crippen molar-refractivity contribution in [1.29, 1.82) is 0 Å². The lowest BCUT2D eigenvalue weighted by Crippen LogP contribution is -2.36. The number of benzene rings is 2. The standard InChI is InChI=1S/C24H24F2N2O2/c25-18-9-11-20(21(26)15-18)22-16-27-23(30-22)12-13-24(29)28-14-4-7-19(28)10-8-17-5-2-1-3-6-17/h1-3,5-6,9,11,15-16,19H,4,7-8,10,12-14H2. The minimum absolute atomic E-state index is 0.0956. The molecule has 0 radical (unpaired) electrons. The Hall–Kier alpha value is -3.02. The van der Waals surface area contributed by atoms with Crippen molar-refractivity contribution >= 4 is 5.91 Å². The summed E-state index contributed by atoms with van der Waals surface area (Å²) in [5.41, 5.74) is 1.44. The van der Waals surface area contributed by atoms with Crippen molar-refractivity contribution in [3.8, 4) is 11.3 Å². The van der Waals surface area contributed by atoms with Gasteiger partial charge in [-0.2, -0.15) is 0 Å². The Morgan fingerprint density at radius 3 is 2.77 bits per heavy atom. The minimum Gasteiger partial charge on any atom is -0.441 e. The molecule has 1 saturated heterocycles. The van der Waals surface area contributed by atoms with Crippen molar-refractivity contribution in [3.05, 3.63) is 77.8 Å². The summed E-state index contributed by atoms with van der Waals surface area (Å²) in [4.78, 5) is 18.9. The van der Waals surface area contributed by atoms with Gasteiger partial charge in [0.05, 0.1) is 11.8 Å². The SMILES string of the molecule is O=C(CCc1ncc(-c2ccc(F)cc2F)o1)N1CCCC1CCc1ccccc1. The van der Waals surface area contributed by atoms with Crippen LogP contribution in [0.1, 0.15) is 37.1 Å². The second kappa shape index (κ2) is 9.20. The van der Waals surface area contributed by atoms with Crippen LogP contribution in [0.5, 0.6) is 0 Å². The molecule has 1 atom stereocenters. The molecule has 0 saturated carbocycles. The van der Waals surface area contributed by atoms with E-state index < -0.39 is 11.6 Å². The molecule has 0 bridgehead atoms. The van der Waals surface area contributed by atoms with Crippen molar-refractivity contribution in [2.45, 2.75) is 44.6 Å². The van der Waals surface area contributed by atoms with Gasteiger partial charge in [0.2, 0.25) is 5.91 Å². The second-order valence-electron chi connectivity index (χ2n) is 7.65. The van der Waals surface area contributed by atoms with E-state index in [-0.39, 0.29) is 23.3 Å². The first-order chi connectivity index (χ1) is 14.6. The Morgan fingerprint density at radius 2 is 1.97 bits per heavy atom. The summed E-state index contributed by atoms with van der Waals surface area (Å²) in [6.45, 7) is 0.788. The predicted molar refractivity (Wildman–Crippen MR) is 110 cm³/mol. The molecule has 0 spiro atoms. The number of carbonyl (C=O) groups excluding carboxylic acids is 1. The lowest BCUT2D eigenvalue weighted by molar-refractivity contribution is -0.132. The van der Waals surface area contributed by atoms with Gasteiger partial charge in [-0.05, 0) is 43.4 Å². The van der Waals surface area contributed by atoms with Gasteiger partial charge in [-0.15, -0.1) is 0 Å². The molecule has 1 aromatic heterocycles. The monoisotopic (exact) mass is 410 g/mol. The van der Waals surface area contributed by atoms with Crippen LogP contribution in [0.3, 0.4) is 0 Å². The highest BCUT2D eigenvalue weighted by molar-refractivity contribution is 5.77. The normalized spacial score (nSPS) is 16.2. The average Bonchev–Trinajstić information content (AvgIpc) is 3.41. The summed E-state index contributed by atoms with van der Waals surface area (Å²) in [5.74, 6) is -0.640. The van der Waals surface area contributed by atoms with E-state index in [2.05, 4.69) is 17.1 Å². The topological polar surface area (TPSA) is 46.3 Å². The number of oxazole rings is 1. The van der Waals surface area contributed by atoms with Gasteiger partial charge in [-0.1, -0.05) is 30.3 Å². The van der Waals surface area contributed by atoms with E-state index in [1.165, 1.54) is 23.9 Å². The first kappa shape index (κ1) is 20.3. The lowest BCUT2D eigenvalue weighted by atomic mass is 10.0. The number of carbonyl (C=O) groups is 1. The summed E-state index contributed by atoms with van der Waals surface area (Å²) in [5, 5.41) is 0. The molecule has 2 aromatic carbocycles. The molecule has 0 N–H and O–H groups in total. The Balaban J connectivity index is 1.32. The molecule has 3 aromatic rings. The summed E-state index contributed by atoms with van der Waals surface area (Å²) >= 11 is 0. The highest BCUT2D eigenvalue weighted by Crippen LogP contribution is 2.26. The van der Waals surface area contributed by atoms with Crippen LogP contribution >= 0.6 is 0 Å². The Kier molecular flexibility index (Phi) is 6.21. The fraction of sp³-hybridized carbons (Fsp3) is 0.333. The summed E-state index contributed by atoms with van der Waals surface area (Å²) in [7, 11) is 0. The highest BCUT2D eigenvalue weighted by atomic mass is 19.1. The van der Waals surface area contributed by atoms with E-state index in [1.54, 1.807) is 0 Å². The number of rotatable bonds is 7. The van der Waals surface area contributed by atoms with Crippen LogP contribution in [-0.2, 0) is 17.6 Å². The van der Waals surface area contributed by atoms with Crippen molar-refractivity contribution in [1.82, 2.24) is 9.88 Å². The Morgan fingerprint density at radius 1 is 1.13 bits per heavy atom. The lowest BCUT2D eigenvalue weighted by Gasteiger charge is -2.24. The quantitative estimate of drug-likeness (QED) is 0.539. The molecule has 1 aliphatic rings. The summed E-state index contributed by atoms with van der Waals surface area (Å²) in [6.07, 6.45) is 6.04. The molecule has 1 unspecified atom stereocenters. The van der Waals surface area contributed by atoms with E-state index in [9.17, 15) is 13.6 Å². The van der Waals surface area contributed by atoms with Crippen LogP contribution in [0.25, 0.3) is 11.3 Å². The third-order valence-corrected chi connectivity index (χ3v) is 5.61. The predicted octanol–water partition coefficient (Wildman–Crippen LogP) is 5.18. The van der Waals surface area contributed by atoms with Crippen LogP contribution in [-0.4, -0.2) is 28.4 Å². The number of likely N-dealkylation sites (tertiary alicyclic amines) is 1. The van der Waals surface area contributed by atoms with E-state index in [4.69, 9.17) is 4.42 Å². The minimum atomic E-state index is -0.702. The molecule has 1 amide bonds. The van der Waals surface area contributed by atoms with Crippen molar-refractivity contribution in [2.24, 2.45) is 0 Å². The van der Waals surface area contributed by atoms with Gasteiger partial charge in [-0.3, -0.25) is 4.79 Å². The molecule has 0 aliphatic carbocycles. The number of aromatic nitrogens is 1. The Bertz CT molecular complexity index is 1000. The number of nitrogens with zero attached hydrogens (tertiary/aromatic N) is 2.